The summed E-state index contributed by atoms with van der Waals surface area (Å²) in [5.41, 5.74) is 0. The summed E-state index contributed by atoms with van der Waals surface area (Å²) in [7, 11) is 0. The van der Waals surface area contributed by atoms with Crippen molar-refractivity contribution in [2.45, 2.75) is 32.3 Å². The van der Waals surface area contributed by atoms with E-state index in [9.17, 15) is 0 Å². The molecule has 2 atom stereocenters. The molecule has 1 heterocycles. The average Bonchev–Trinajstić information content (AvgIpc) is 1.95. The highest BCUT2D eigenvalue weighted by Gasteiger charge is 2.16. The van der Waals surface area contributed by atoms with E-state index in [4.69, 9.17) is 4.74 Å². The van der Waals surface area contributed by atoms with Crippen molar-refractivity contribution in [2.75, 3.05) is 6.61 Å². The Kier molecular flexibility index (Phi) is 2.94. The molecule has 58 valence electrons. The van der Waals surface area contributed by atoms with Crippen LogP contribution in [0.15, 0.2) is 12.7 Å². The minimum absolute atomic E-state index is 0.466. The van der Waals surface area contributed by atoms with Crippen molar-refractivity contribution in [1.29, 1.82) is 0 Å². The monoisotopic (exact) mass is 140 g/mol. The Balaban J connectivity index is 2.19. The molecular formula is C9H16O. The van der Waals surface area contributed by atoms with E-state index in [0.29, 0.717) is 6.10 Å². The lowest BCUT2D eigenvalue weighted by Gasteiger charge is -2.25. The number of rotatable bonds is 2. The van der Waals surface area contributed by atoms with Crippen molar-refractivity contribution in [2.24, 2.45) is 5.92 Å². The van der Waals surface area contributed by atoms with Gasteiger partial charge in [0.2, 0.25) is 0 Å². The van der Waals surface area contributed by atoms with Gasteiger partial charge < -0.3 is 4.74 Å². The zero-order valence-corrected chi connectivity index (χ0v) is 6.68. The Hall–Kier alpha value is -0.300. The number of hydrogen-bond donors (Lipinski definition) is 0. The lowest BCUT2D eigenvalue weighted by molar-refractivity contribution is -0.00862. The van der Waals surface area contributed by atoms with E-state index in [0.717, 1.165) is 18.9 Å². The zero-order valence-electron chi connectivity index (χ0n) is 6.68. The van der Waals surface area contributed by atoms with Crippen molar-refractivity contribution in [3.63, 3.8) is 0 Å². The molecule has 0 N–H and O–H groups in total. The van der Waals surface area contributed by atoms with E-state index in [1.165, 1.54) is 12.8 Å². The van der Waals surface area contributed by atoms with E-state index in [1.807, 2.05) is 6.08 Å². The van der Waals surface area contributed by atoms with Gasteiger partial charge in [0, 0.05) is 6.61 Å². The van der Waals surface area contributed by atoms with Crippen molar-refractivity contribution < 1.29 is 4.74 Å². The summed E-state index contributed by atoms with van der Waals surface area (Å²) in [5.74, 6) is 0.765. The molecule has 1 aliphatic rings. The molecule has 0 aliphatic carbocycles. The van der Waals surface area contributed by atoms with Gasteiger partial charge in [-0.1, -0.05) is 13.0 Å². The maximum absolute atomic E-state index is 5.56. The minimum atomic E-state index is 0.466. The average molecular weight is 140 g/mol. The van der Waals surface area contributed by atoms with Crippen LogP contribution in [0.3, 0.4) is 0 Å². The Morgan fingerprint density at radius 1 is 1.60 bits per heavy atom. The fourth-order valence-corrected chi connectivity index (χ4v) is 1.31. The van der Waals surface area contributed by atoms with Gasteiger partial charge in [-0.2, -0.15) is 0 Å². The molecule has 0 saturated carbocycles. The Labute approximate surface area is 63.1 Å². The van der Waals surface area contributed by atoms with Crippen LogP contribution in [0.2, 0.25) is 0 Å². The third-order valence-corrected chi connectivity index (χ3v) is 2.03. The first kappa shape index (κ1) is 7.80. The lowest BCUT2D eigenvalue weighted by atomic mass is 9.99. The molecule has 10 heavy (non-hydrogen) atoms. The van der Waals surface area contributed by atoms with Crippen molar-refractivity contribution >= 4 is 0 Å². The standard InChI is InChI=1S/C9H16O/c1-3-4-9-6-5-8(2)7-10-9/h3,8-9H,1,4-7H2,2H3/t8-,9-/m0/s1. The first-order valence-corrected chi connectivity index (χ1v) is 4.05. The lowest BCUT2D eigenvalue weighted by Crippen LogP contribution is -2.23. The highest BCUT2D eigenvalue weighted by atomic mass is 16.5. The molecule has 0 spiro atoms. The van der Waals surface area contributed by atoms with E-state index < -0.39 is 0 Å². The third kappa shape index (κ3) is 2.14. The van der Waals surface area contributed by atoms with Gasteiger partial charge in [-0.3, -0.25) is 0 Å². The van der Waals surface area contributed by atoms with Gasteiger partial charge in [0.15, 0.2) is 0 Å². The second-order valence-electron chi connectivity index (χ2n) is 3.16. The van der Waals surface area contributed by atoms with Gasteiger partial charge in [-0.25, -0.2) is 0 Å². The first-order chi connectivity index (χ1) is 4.83. The molecule has 1 aliphatic heterocycles. The molecular weight excluding hydrogens is 124 g/mol. The molecule has 0 unspecified atom stereocenters. The van der Waals surface area contributed by atoms with Crippen LogP contribution in [0.5, 0.6) is 0 Å². The highest BCUT2D eigenvalue weighted by molar-refractivity contribution is 4.76. The van der Waals surface area contributed by atoms with Crippen molar-refractivity contribution in [3.05, 3.63) is 12.7 Å². The molecule has 1 fully saturated rings. The molecule has 0 aromatic heterocycles. The quantitative estimate of drug-likeness (QED) is 0.535. The van der Waals surface area contributed by atoms with Crippen LogP contribution in [0.4, 0.5) is 0 Å². The van der Waals surface area contributed by atoms with Gasteiger partial charge in [-0.05, 0) is 25.2 Å². The maximum atomic E-state index is 5.56. The minimum Gasteiger partial charge on any atom is -0.378 e. The van der Waals surface area contributed by atoms with Crippen LogP contribution in [-0.2, 0) is 4.74 Å². The summed E-state index contributed by atoms with van der Waals surface area (Å²) in [6.07, 6.45) is 5.97. The van der Waals surface area contributed by atoms with Crippen LogP contribution in [0, 0.1) is 5.92 Å². The number of hydrogen-bond acceptors (Lipinski definition) is 1. The molecule has 0 radical (unpaired) electrons. The van der Waals surface area contributed by atoms with E-state index >= 15 is 0 Å². The summed E-state index contributed by atoms with van der Waals surface area (Å²) in [5, 5.41) is 0. The summed E-state index contributed by atoms with van der Waals surface area (Å²) < 4.78 is 5.56. The van der Waals surface area contributed by atoms with Crippen LogP contribution in [-0.4, -0.2) is 12.7 Å². The normalized spacial score (nSPS) is 33.7. The predicted molar refractivity (Wildman–Crippen MR) is 43.0 cm³/mol. The van der Waals surface area contributed by atoms with Crippen molar-refractivity contribution in [1.82, 2.24) is 0 Å². The van der Waals surface area contributed by atoms with Gasteiger partial charge in [0.1, 0.15) is 0 Å². The van der Waals surface area contributed by atoms with Crippen LogP contribution in [0.1, 0.15) is 26.2 Å². The van der Waals surface area contributed by atoms with Crippen molar-refractivity contribution in [3.8, 4) is 0 Å². The predicted octanol–water partition coefficient (Wildman–Crippen LogP) is 2.38. The Morgan fingerprint density at radius 3 is 2.90 bits per heavy atom. The summed E-state index contributed by atoms with van der Waals surface area (Å²) >= 11 is 0. The van der Waals surface area contributed by atoms with Gasteiger partial charge >= 0.3 is 0 Å². The van der Waals surface area contributed by atoms with Crippen LogP contribution < -0.4 is 0 Å². The molecule has 0 amide bonds. The van der Waals surface area contributed by atoms with Crippen LogP contribution >= 0.6 is 0 Å². The van der Waals surface area contributed by atoms with Gasteiger partial charge in [-0.15, -0.1) is 6.58 Å². The fraction of sp³-hybridized carbons (Fsp3) is 0.778. The van der Waals surface area contributed by atoms with Gasteiger partial charge in [0.05, 0.1) is 6.10 Å². The topological polar surface area (TPSA) is 9.23 Å². The third-order valence-electron chi connectivity index (χ3n) is 2.03. The molecule has 0 aromatic rings. The highest BCUT2D eigenvalue weighted by Crippen LogP contribution is 2.20. The molecule has 1 saturated heterocycles. The van der Waals surface area contributed by atoms with E-state index in [1.54, 1.807) is 0 Å². The number of ether oxygens (including phenoxy) is 1. The molecule has 1 rings (SSSR count). The maximum Gasteiger partial charge on any atom is 0.0609 e. The van der Waals surface area contributed by atoms with Crippen LogP contribution in [0.25, 0.3) is 0 Å². The summed E-state index contributed by atoms with van der Waals surface area (Å²) in [6, 6.07) is 0. The Morgan fingerprint density at radius 2 is 2.40 bits per heavy atom. The molecule has 0 bridgehead atoms. The largest absolute Gasteiger partial charge is 0.378 e. The molecule has 1 heteroatoms. The van der Waals surface area contributed by atoms with E-state index in [2.05, 4.69) is 13.5 Å². The fourth-order valence-electron chi connectivity index (χ4n) is 1.31. The summed E-state index contributed by atoms with van der Waals surface area (Å²) in [4.78, 5) is 0. The van der Waals surface area contributed by atoms with E-state index in [-0.39, 0.29) is 0 Å². The second kappa shape index (κ2) is 3.77. The van der Waals surface area contributed by atoms with Gasteiger partial charge in [0.25, 0.3) is 0 Å². The summed E-state index contributed by atoms with van der Waals surface area (Å²) in [6.45, 7) is 6.88. The molecule has 0 aromatic carbocycles. The zero-order chi connectivity index (χ0) is 7.40. The Bertz CT molecular complexity index is 101. The second-order valence-corrected chi connectivity index (χ2v) is 3.16. The molecule has 1 nitrogen and oxygen atoms in total. The smallest absolute Gasteiger partial charge is 0.0609 e. The first-order valence-electron chi connectivity index (χ1n) is 4.05. The SMILES string of the molecule is C=CC[C@H]1CC[C@H](C)CO1.